The van der Waals surface area contributed by atoms with Crippen LogP contribution in [0.15, 0.2) is 43.0 Å². The van der Waals surface area contributed by atoms with Crippen LogP contribution in [0.2, 0.25) is 0 Å². The normalized spacial score (nSPS) is 24.5. The van der Waals surface area contributed by atoms with Crippen LogP contribution in [0, 0.1) is 5.92 Å². The highest BCUT2D eigenvalue weighted by Crippen LogP contribution is 2.36. The fourth-order valence-electron chi connectivity index (χ4n) is 3.32. The van der Waals surface area contributed by atoms with Crippen molar-refractivity contribution in [3.05, 3.63) is 48.5 Å². The van der Waals surface area contributed by atoms with Gasteiger partial charge in [0.2, 0.25) is 0 Å². The van der Waals surface area contributed by atoms with Gasteiger partial charge < -0.3 is 25.4 Å². The molecule has 10 nitrogen and oxygen atoms in total. The van der Waals surface area contributed by atoms with E-state index in [0.29, 0.717) is 16.7 Å². The van der Waals surface area contributed by atoms with Crippen LogP contribution in [0.5, 0.6) is 0 Å². The number of aliphatic hydroxyl groups is 3. The maximum Gasteiger partial charge on any atom is 0.256 e. The number of imidazole rings is 1. The molecule has 28 heavy (non-hydrogen) atoms. The molecule has 0 radical (unpaired) electrons. The van der Waals surface area contributed by atoms with Crippen molar-refractivity contribution < 1.29 is 24.9 Å². The summed E-state index contributed by atoms with van der Waals surface area (Å²) in [5, 5.41) is 31.9. The minimum atomic E-state index is -1.03. The van der Waals surface area contributed by atoms with E-state index in [1.54, 1.807) is 28.8 Å². The van der Waals surface area contributed by atoms with Gasteiger partial charge in [0.05, 0.1) is 31.6 Å². The average molecular weight is 385 g/mol. The number of aromatic nitrogens is 4. The number of nitrogens with zero attached hydrogens (tertiary/aromatic N) is 4. The summed E-state index contributed by atoms with van der Waals surface area (Å²) >= 11 is 0. The average Bonchev–Trinajstić information content (AvgIpc) is 3.29. The molecule has 1 amide bonds. The SMILES string of the molecule is O=C(Nc1ncnc2c1ncn2[C@@H]1O[C@H](CO)C(O)[C@H]1CO)c1ccccc1. The Balaban J connectivity index is 1.66. The number of ether oxygens (including phenoxy) is 1. The summed E-state index contributed by atoms with van der Waals surface area (Å²) in [6.45, 7) is -0.723. The predicted octanol–water partition coefficient (Wildman–Crippen LogP) is -0.0623. The van der Waals surface area contributed by atoms with Crippen LogP contribution >= 0.6 is 0 Å². The number of hydrogen-bond donors (Lipinski definition) is 4. The molecule has 1 unspecified atom stereocenters. The number of fused-ring (bicyclic) bond motifs is 1. The van der Waals surface area contributed by atoms with Crippen LogP contribution in [-0.4, -0.2) is 66.2 Å². The fourth-order valence-corrected chi connectivity index (χ4v) is 3.32. The zero-order valence-corrected chi connectivity index (χ0v) is 14.7. The summed E-state index contributed by atoms with van der Waals surface area (Å²) in [5.74, 6) is -0.765. The second-order valence-corrected chi connectivity index (χ2v) is 6.45. The quantitative estimate of drug-likeness (QED) is 0.478. The zero-order valence-electron chi connectivity index (χ0n) is 14.7. The van der Waals surface area contributed by atoms with E-state index in [9.17, 15) is 20.1 Å². The zero-order chi connectivity index (χ0) is 19.7. The number of carbonyl (C=O) groups is 1. The van der Waals surface area contributed by atoms with Gasteiger partial charge in [0.25, 0.3) is 5.91 Å². The van der Waals surface area contributed by atoms with Gasteiger partial charge in [-0.25, -0.2) is 15.0 Å². The minimum Gasteiger partial charge on any atom is -0.396 e. The van der Waals surface area contributed by atoms with Crippen molar-refractivity contribution in [1.29, 1.82) is 0 Å². The van der Waals surface area contributed by atoms with E-state index in [-0.39, 0.29) is 24.9 Å². The molecule has 4 N–H and O–H groups in total. The van der Waals surface area contributed by atoms with Crippen molar-refractivity contribution in [3.63, 3.8) is 0 Å². The van der Waals surface area contributed by atoms with Crippen LogP contribution in [0.25, 0.3) is 11.2 Å². The van der Waals surface area contributed by atoms with Gasteiger partial charge >= 0.3 is 0 Å². The molecule has 10 heteroatoms. The first kappa shape index (κ1) is 18.4. The Bertz CT molecular complexity index is 979. The van der Waals surface area contributed by atoms with Gasteiger partial charge in [0.15, 0.2) is 17.0 Å². The lowest BCUT2D eigenvalue weighted by molar-refractivity contribution is -0.0463. The molecule has 1 aromatic carbocycles. The van der Waals surface area contributed by atoms with Gasteiger partial charge in [-0.2, -0.15) is 0 Å². The van der Waals surface area contributed by atoms with Gasteiger partial charge in [-0.15, -0.1) is 0 Å². The highest BCUT2D eigenvalue weighted by molar-refractivity contribution is 6.06. The topological polar surface area (TPSA) is 143 Å². The number of hydrogen-bond acceptors (Lipinski definition) is 8. The van der Waals surface area contributed by atoms with E-state index < -0.39 is 24.4 Å². The number of amides is 1. The Morgan fingerprint density at radius 3 is 2.64 bits per heavy atom. The second kappa shape index (κ2) is 7.60. The number of aliphatic hydroxyl groups excluding tert-OH is 3. The summed E-state index contributed by atoms with van der Waals surface area (Å²) in [5.41, 5.74) is 1.18. The van der Waals surface area contributed by atoms with Crippen molar-refractivity contribution in [1.82, 2.24) is 19.5 Å². The van der Waals surface area contributed by atoms with Crippen LogP contribution in [0.1, 0.15) is 16.6 Å². The molecule has 0 bridgehead atoms. The molecular weight excluding hydrogens is 366 g/mol. The lowest BCUT2D eigenvalue weighted by Gasteiger charge is -2.19. The maximum atomic E-state index is 12.4. The summed E-state index contributed by atoms with van der Waals surface area (Å²) in [4.78, 5) is 25.0. The number of nitrogens with one attached hydrogen (secondary N) is 1. The third-order valence-corrected chi connectivity index (χ3v) is 4.79. The number of anilines is 1. The van der Waals surface area contributed by atoms with E-state index in [0.717, 1.165) is 0 Å². The molecular formula is C18H19N5O5. The van der Waals surface area contributed by atoms with Gasteiger partial charge in [-0.3, -0.25) is 9.36 Å². The molecule has 3 aromatic rings. The number of carbonyl (C=O) groups excluding carboxylic acids is 1. The molecule has 1 aliphatic heterocycles. The van der Waals surface area contributed by atoms with E-state index >= 15 is 0 Å². The Hall–Kier alpha value is -2.92. The van der Waals surface area contributed by atoms with Crippen molar-refractivity contribution >= 4 is 22.9 Å². The highest BCUT2D eigenvalue weighted by Gasteiger charge is 2.44. The molecule has 4 rings (SSSR count). The summed E-state index contributed by atoms with van der Waals surface area (Å²) in [6, 6.07) is 8.69. The Morgan fingerprint density at radius 1 is 1.14 bits per heavy atom. The Labute approximate surface area is 159 Å². The third-order valence-electron chi connectivity index (χ3n) is 4.79. The Kier molecular flexibility index (Phi) is 5.01. The summed E-state index contributed by atoms with van der Waals surface area (Å²) in [6.07, 6.45) is 0.103. The summed E-state index contributed by atoms with van der Waals surface area (Å²) < 4.78 is 7.23. The molecule has 2 aromatic heterocycles. The largest absolute Gasteiger partial charge is 0.396 e. The number of benzene rings is 1. The van der Waals surface area contributed by atoms with Crippen molar-refractivity contribution in [2.75, 3.05) is 18.5 Å². The van der Waals surface area contributed by atoms with Crippen LogP contribution < -0.4 is 5.32 Å². The molecule has 1 fully saturated rings. The van der Waals surface area contributed by atoms with Gasteiger partial charge in [0.1, 0.15) is 18.7 Å². The van der Waals surface area contributed by atoms with Crippen LogP contribution in [0.3, 0.4) is 0 Å². The molecule has 1 saturated heterocycles. The Morgan fingerprint density at radius 2 is 1.93 bits per heavy atom. The molecule has 0 spiro atoms. The smallest absolute Gasteiger partial charge is 0.256 e. The third kappa shape index (κ3) is 3.12. The van der Waals surface area contributed by atoms with Gasteiger partial charge in [-0.1, -0.05) is 18.2 Å². The number of rotatable bonds is 5. The van der Waals surface area contributed by atoms with E-state index in [2.05, 4.69) is 20.3 Å². The first-order valence-electron chi connectivity index (χ1n) is 8.73. The monoisotopic (exact) mass is 385 g/mol. The lowest BCUT2D eigenvalue weighted by atomic mass is 10.0. The van der Waals surface area contributed by atoms with Crippen LogP contribution in [-0.2, 0) is 4.74 Å². The summed E-state index contributed by atoms with van der Waals surface area (Å²) in [7, 11) is 0. The molecule has 146 valence electrons. The first-order chi connectivity index (χ1) is 13.6. The lowest BCUT2D eigenvalue weighted by Crippen LogP contribution is -2.31. The molecule has 3 heterocycles. The second-order valence-electron chi connectivity index (χ2n) is 6.45. The van der Waals surface area contributed by atoms with E-state index in [1.165, 1.54) is 12.7 Å². The van der Waals surface area contributed by atoms with E-state index in [4.69, 9.17) is 4.74 Å². The van der Waals surface area contributed by atoms with Gasteiger partial charge in [0, 0.05) is 5.56 Å². The van der Waals surface area contributed by atoms with Gasteiger partial charge in [-0.05, 0) is 12.1 Å². The van der Waals surface area contributed by atoms with Crippen molar-refractivity contribution in [3.8, 4) is 0 Å². The van der Waals surface area contributed by atoms with Crippen molar-refractivity contribution in [2.24, 2.45) is 5.92 Å². The fraction of sp³-hybridized carbons (Fsp3) is 0.333. The molecule has 4 atom stereocenters. The predicted molar refractivity (Wildman–Crippen MR) is 97.3 cm³/mol. The van der Waals surface area contributed by atoms with E-state index in [1.807, 2.05) is 6.07 Å². The highest BCUT2D eigenvalue weighted by atomic mass is 16.5. The molecule has 0 saturated carbocycles. The maximum absolute atomic E-state index is 12.4. The first-order valence-corrected chi connectivity index (χ1v) is 8.73. The van der Waals surface area contributed by atoms with Crippen molar-refractivity contribution in [2.45, 2.75) is 18.4 Å². The molecule has 1 aliphatic rings. The minimum absolute atomic E-state index is 0.232. The molecule has 0 aliphatic carbocycles. The standard InChI is InChI=1S/C18H19N5O5/c24-6-11-14(26)12(7-25)28-18(11)23-9-21-13-15(19-8-20-16(13)23)22-17(27)10-4-2-1-3-5-10/h1-5,8-9,11-12,14,18,24-26H,6-7H2,(H,19,20,22,27)/t11-,12-,14?,18-/m1/s1. The van der Waals surface area contributed by atoms with Crippen LogP contribution in [0.4, 0.5) is 5.82 Å².